The molecular weight excluding hydrogens is 302 g/mol. The van der Waals surface area contributed by atoms with Gasteiger partial charge < -0.3 is 4.57 Å². The van der Waals surface area contributed by atoms with Crippen LogP contribution in [0.4, 0.5) is 0 Å². The molecule has 2 heterocycles. The Bertz CT molecular complexity index is 790. The molecule has 0 amide bonds. The SMILES string of the molecule is Cc1cc(C)cc(Sc2ccc3nc(CCl)n(C)c3n2)c1. The van der Waals surface area contributed by atoms with Gasteiger partial charge in [0.05, 0.1) is 5.88 Å². The molecule has 0 atom stereocenters. The van der Waals surface area contributed by atoms with Crippen LogP contribution < -0.4 is 0 Å². The minimum absolute atomic E-state index is 0.395. The van der Waals surface area contributed by atoms with Gasteiger partial charge in [-0.25, -0.2) is 9.97 Å². The lowest BCUT2D eigenvalue weighted by molar-refractivity contribution is 0.857. The van der Waals surface area contributed by atoms with E-state index in [4.69, 9.17) is 16.6 Å². The van der Waals surface area contributed by atoms with E-state index in [-0.39, 0.29) is 0 Å². The second kappa shape index (κ2) is 5.70. The van der Waals surface area contributed by atoms with Crippen LogP contribution in [-0.2, 0) is 12.9 Å². The van der Waals surface area contributed by atoms with Crippen molar-refractivity contribution in [2.75, 3.05) is 0 Å². The summed E-state index contributed by atoms with van der Waals surface area (Å²) >= 11 is 7.56. The van der Waals surface area contributed by atoms with Gasteiger partial charge >= 0.3 is 0 Å². The van der Waals surface area contributed by atoms with Gasteiger partial charge in [-0.15, -0.1) is 11.6 Å². The molecular formula is C16H16ClN3S. The summed E-state index contributed by atoms with van der Waals surface area (Å²) in [5.74, 6) is 1.24. The van der Waals surface area contributed by atoms with Gasteiger partial charge in [-0.1, -0.05) is 17.8 Å². The Morgan fingerprint density at radius 2 is 1.81 bits per heavy atom. The number of aromatic nitrogens is 3. The number of hydrogen-bond donors (Lipinski definition) is 0. The lowest BCUT2D eigenvalue weighted by Gasteiger charge is -2.05. The molecule has 21 heavy (non-hydrogen) atoms. The molecule has 3 aromatic rings. The molecule has 3 rings (SSSR count). The third-order valence-corrected chi connectivity index (χ3v) is 4.47. The summed E-state index contributed by atoms with van der Waals surface area (Å²) in [7, 11) is 1.95. The number of hydrogen-bond acceptors (Lipinski definition) is 3. The highest BCUT2D eigenvalue weighted by Gasteiger charge is 2.09. The Morgan fingerprint density at radius 3 is 2.48 bits per heavy atom. The zero-order chi connectivity index (χ0) is 15.0. The fraction of sp³-hybridized carbons (Fsp3) is 0.250. The highest BCUT2D eigenvalue weighted by Crippen LogP contribution is 2.29. The number of aryl methyl sites for hydroxylation is 3. The van der Waals surface area contributed by atoms with Crippen molar-refractivity contribution in [3.05, 3.63) is 47.3 Å². The maximum absolute atomic E-state index is 5.89. The molecule has 0 aliphatic carbocycles. The van der Waals surface area contributed by atoms with Gasteiger partial charge in [0.15, 0.2) is 5.65 Å². The number of nitrogens with zero attached hydrogens (tertiary/aromatic N) is 3. The Balaban J connectivity index is 1.99. The summed E-state index contributed by atoms with van der Waals surface area (Å²) in [5, 5.41) is 0.969. The number of rotatable bonds is 3. The quantitative estimate of drug-likeness (QED) is 0.667. The van der Waals surface area contributed by atoms with Crippen LogP contribution in [0.25, 0.3) is 11.2 Å². The molecule has 0 N–H and O–H groups in total. The summed E-state index contributed by atoms with van der Waals surface area (Å²) in [4.78, 5) is 10.4. The van der Waals surface area contributed by atoms with Gasteiger partial charge in [0, 0.05) is 11.9 Å². The molecule has 0 unspecified atom stereocenters. The van der Waals surface area contributed by atoms with Crippen LogP contribution in [0.15, 0.2) is 40.3 Å². The first-order chi connectivity index (χ1) is 10.1. The fourth-order valence-corrected chi connectivity index (χ4v) is 3.62. The first-order valence-corrected chi connectivity index (χ1v) is 8.06. The van der Waals surface area contributed by atoms with Crippen molar-refractivity contribution in [3.8, 4) is 0 Å². The molecule has 0 fully saturated rings. The van der Waals surface area contributed by atoms with Crippen LogP contribution in [0, 0.1) is 13.8 Å². The Hall–Kier alpha value is -1.52. The third kappa shape index (κ3) is 2.92. The fourth-order valence-electron chi connectivity index (χ4n) is 2.38. The van der Waals surface area contributed by atoms with Gasteiger partial charge in [-0.3, -0.25) is 0 Å². The molecule has 0 radical (unpaired) electrons. The standard InChI is InChI=1S/C16H16ClN3S/c1-10-6-11(2)8-12(7-10)21-15-5-4-13-16(19-15)20(3)14(9-17)18-13/h4-8H,9H2,1-3H3. The van der Waals surface area contributed by atoms with Crippen molar-refractivity contribution in [1.29, 1.82) is 0 Å². The van der Waals surface area contributed by atoms with E-state index in [1.165, 1.54) is 16.0 Å². The number of benzene rings is 1. The lowest BCUT2D eigenvalue weighted by Crippen LogP contribution is -1.95. The van der Waals surface area contributed by atoms with E-state index < -0.39 is 0 Å². The highest BCUT2D eigenvalue weighted by molar-refractivity contribution is 7.99. The van der Waals surface area contributed by atoms with Crippen LogP contribution in [0.2, 0.25) is 0 Å². The smallest absolute Gasteiger partial charge is 0.161 e. The minimum atomic E-state index is 0.395. The lowest BCUT2D eigenvalue weighted by atomic mass is 10.2. The molecule has 0 aliphatic heterocycles. The summed E-state index contributed by atoms with van der Waals surface area (Å²) in [6, 6.07) is 10.5. The van der Waals surface area contributed by atoms with Crippen molar-refractivity contribution < 1.29 is 0 Å². The first-order valence-electron chi connectivity index (χ1n) is 6.71. The Morgan fingerprint density at radius 1 is 1.10 bits per heavy atom. The Labute approximate surface area is 133 Å². The predicted octanol–water partition coefficient (Wildman–Crippen LogP) is 4.48. The second-order valence-electron chi connectivity index (χ2n) is 5.14. The van der Waals surface area contributed by atoms with E-state index in [1.54, 1.807) is 11.8 Å². The van der Waals surface area contributed by atoms with Gasteiger partial charge in [0.25, 0.3) is 0 Å². The summed E-state index contributed by atoms with van der Waals surface area (Å²) < 4.78 is 1.95. The van der Waals surface area contributed by atoms with E-state index in [1.807, 2.05) is 23.7 Å². The number of imidazole rings is 1. The van der Waals surface area contributed by atoms with E-state index in [0.29, 0.717) is 5.88 Å². The minimum Gasteiger partial charge on any atom is -0.315 e. The molecule has 0 spiro atoms. The third-order valence-electron chi connectivity index (χ3n) is 3.32. The maximum atomic E-state index is 5.89. The van der Waals surface area contributed by atoms with Crippen molar-refractivity contribution in [3.63, 3.8) is 0 Å². The number of pyridine rings is 1. The van der Waals surface area contributed by atoms with Gasteiger partial charge in [0.1, 0.15) is 16.4 Å². The molecule has 3 nitrogen and oxygen atoms in total. The molecule has 0 saturated carbocycles. The predicted molar refractivity (Wildman–Crippen MR) is 88.1 cm³/mol. The van der Waals surface area contributed by atoms with Crippen LogP contribution in [0.1, 0.15) is 17.0 Å². The van der Waals surface area contributed by atoms with E-state index in [2.05, 4.69) is 37.0 Å². The summed E-state index contributed by atoms with van der Waals surface area (Å²) in [6.45, 7) is 4.23. The van der Waals surface area contributed by atoms with Crippen molar-refractivity contribution in [2.45, 2.75) is 29.6 Å². The molecule has 1 aromatic carbocycles. The van der Waals surface area contributed by atoms with Crippen LogP contribution in [0.5, 0.6) is 0 Å². The largest absolute Gasteiger partial charge is 0.315 e. The molecule has 108 valence electrons. The zero-order valence-corrected chi connectivity index (χ0v) is 13.8. The van der Waals surface area contributed by atoms with Crippen molar-refractivity contribution in [2.24, 2.45) is 7.05 Å². The monoisotopic (exact) mass is 317 g/mol. The second-order valence-corrected chi connectivity index (χ2v) is 6.50. The number of fused-ring (bicyclic) bond motifs is 1. The van der Waals surface area contributed by atoms with E-state index in [0.717, 1.165) is 22.0 Å². The molecule has 0 saturated heterocycles. The summed E-state index contributed by atoms with van der Waals surface area (Å²) in [6.07, 6.45) is 0. The normalized spacial score (nSPS) is 11.2. The van der Waals surface area contributed by atoms with Crippen molar-refractivity contribution >= 4 is 34.5 Å². The number of alkyl halides is 1. The van der Waals surface area contributed by atoms with Crippen LogP contribution in [0.3, 0.4) is 0 Å². The topological polar surface area (TPSA) is 30.7 Å². The number of halogens is 1. The highest BCUT2D eigenvalue weighted by atomic mass is 35.5. The Kier molecular flexibility index (Phi) is 3.91. The van der Waals surface area contributed by atoms with Gasteiger partial charge in [-0.2, -0.15) is 0 Å². The van der Waals surface area contributed by atoms with E-state index >= 15 is 0 Å². The van der Waals surface area contributed by atoms with Gasteiger partial charge in [0.2, 0.25) is 0 Å². The van der Waals surface area contributed by atoms with Crippen LogP contribution >= 0.6 is 23.4 Å². The zero-order valence-electron chi connectivity index (χ0n) is 12.2. The molecule has 2 aromatic heterocycles. The maximum Gasteiger partial charge on any atom is 0.161 e. The van der Waals surface area contributed by atoms with Gasteiger partial charge in [-0.05, 0) is 49.2 Å². The van der Waals surface area contributed by atoms with Crippen molar-refractivity contribution in [1.82, 2.24) is 14.5 Å². The first kappa shape index (κ1) is 14.4. The van der Waals surface area contributed by atoms with E-state index in [9.17, 15) is 0 Å². The average molecular weight is 318 g/mol. The summed E-state index contributed by atoms with van der Waals surface area (Å²) in [5.41, 5.74) is 4.30. The van der Waals surface area contributed by atoms with Crippen LogP contribution in [-0.4, -0.2) is 14.5 Å². The average Bonchev–Trinajstić information content (AvgIpc) is 2.74. The molecule has 5 heteroatoms. The molecule has 0 aliphatic rings. The molecule has 0 bridgehead atoms.